The summed E-state index contributed by atoms with van der Waals surface area (Å²) in [5.74, 6) is 1.80. The van der Waals surface area contributed by atoms with Crippen molar-refractivity contribution in [3.8, 4) is 11.5 Å². The van der Waals surface area contributed by atoms with Crippen LogP contribution in [-0.2, 0) is 9.59 Å². The highest BCUT2D eigenvalue weighted by molar-refractivity contribution is 9.09. The Hall–Kier alpha value is -4.72. The lowest BCUT2D eigenvalue weighted by molar-refractivity contribution is -0.127. The number of carbonyl (C=O) groups is 2. The molecule has 0 spiro atoms. The zero-order valence-electron chi connectivity index (χ0n) is 37.0. The molecule has 10 nitrogen and oxygen atoms in total. The lowest BCUT2D eigenvalue weighted by Gasteiger charge is -2.32. The Balaban J connectivity index is 0.000000213. The molecule has 4 heterocycles. The van der Waals surface area contributed by atoms with Crippen LogP contribution in [0.3, 0.4) is 0 Å². The zero-order chi connectivity index (χ0) is 47.2. The summed E-state index contributed by atoms with van der Waals surface area (Å²) >= 11 is 27.0. The third-order valence-corrected chi connectivity index (χ3v) is 12.5. The Bertz CT molecular complexity index is 2390. The number of carbonyl (C=O) groups excluding carboxylic acids is 2. The summed E-state index contributed by atoms with van der Waals surface area (Å²) in [5, 5.41) is 13.2. The van der Waals surface area contributed by atoms with E-state index in [9.17, 15) is 9.59 Å². The normalized spacial score (nSPS) is 14.8. The first-order chi connectivity index (χ1) is 32.6. The van der Waals surface area contributed by atoms with Gasteiger partial charge in [-0.25, -0.2) is 0 Å². The number of nitrogens with one attached hydrogen (secondary N) is 3. The number of hydrogen-bond donors (Lipinski definition) is 3. The van der Waals surface area contributed by atoms with Crippen LogP contribution in [0.2, 0.25) is 20.1 Å². The molecular weight excluding hydrogens is 1010 g/mol. The minimum Gasteiger partial charge on any atom is -0.493 e. The number of nitrogens with zero attached hydrogens (tertiary/aromatic N) is 3. The molecular formula is C53H59BrCl4N6O4. The van der Waals surface area contributed by atoms with Crippen molar-refractivity contribution in [3.63, 3.8) is 0 Å². The van der Waals surface area contributed by atoms with Crippen LogP contribution in [0, 0.1) is 11.8 Å². The van der Waals surface area contributed by atoms with Gasteiger partial charge >= 0.3 is 0 Å². The van der Waals surface area contributed by atoms with Gasteiger partial charge < -0.3 is 25.4 Å². The van der Waals surface area contributed by atoms with Crippen LogP contribution in [0.5, 0.6) is 11.5 Å². The highest BCUT2D eigenvalue weighted by Gasteiger charge is 2.28. The van der Waals surface area contributed by atoms with Crippen LogP contribution in [0.25, 0.3) is 0 Å². The monoisotopic (exact) mass is 1060 g/mol. The maximum absolute atomic E-state index is 13.1. The van der Waals surface area contributed by atoms with Gasteiger partial charge in [0.2, 0.25) is 11.8 Å². The molecule has 0 radical (unpaired) electrons. The predicted octanol–water partition coefficient (Wildman–Crippen LogP) is 12.1. The molecule has 0 saturated carbocycles. The van der Waals surface area contributed by atoms with Crippen molar-refractivity contribution in [1.82, 2.24) is 30.8 Å². The molecule has 2 saturated heterocycles. The maximum Gasteiger partial charge on any atom is 0.224 e. The van der Waals surface area contributed by atoms with Crippen LogP contribution in [0.4, 0.5) is 0 Å². The molecule has 4 aromatic carbocycles. The van der Waals surface area contributed by atoms with Gasteiger partial charge in [0, 0.05) is 56.2 Å². The topological polar surface area (TPSA) is 118 Å². The first-order valence-electron chi connectivity index (χ1n) is 22.3. The van der Waals surface area contributed by atoms with Crippen LogP contribution in [0.1, 0.15) is 67.7 Å². The molecule has 360 valence electrons. The molecule has 2 atom stereocenters. The molecule has 2 amide bonds. The van der Waals surface area contributed by atoms with E-state index in [0.29, 0.717) is 33.3 Å². The lowest BCUT2D eigenvalue weighted by atomic mass is 9.94. The zero-order valence-corrected chi connectivity index (χ0v) is 41.6. The Labute approximate surface area is 429 Å². The number of aromatic nitrogens is 2. The number of likely N-dealkylation sites (tertiary alicyclic amines) is 1. The van der Waals surface area contributed by atoms with Gasteiger partial charge in [0.15, 0.2) is 0 Å². The van der Waals surface area contributed by atoms with E-state index in [4.69, 9.17) is 55.9 Å². The van der Waals surface area contributed by atoms with Crippen LogP contribution >= 0.6 is 62.3 Å². The van der Waals surface area contributed by atoms with Crippen LogP contribution in [-0.4, -0.2) is 77.9 Å². The van der Waals surface area contributed by atoms with Gasteiger partial charge in [-0.2, -0.15) is 0 Å². The van der Waals surface area contributed by atoms with Gasteiger partial charge in [-0.1, -0.05) is 118 Å². The Kier molecular flexibility index (Phi) is 23.4. The minimum absolute atomic E-state index is 0. The summed E-state index contributed by atoms with van der Waals surface area (Å²) in [6.07, 6.45) is 6.88. The van der Waals surface area contributed by atoms with Gasteiger partial charge in [0.05, 0.1) is 30.1 Å². The Morgan fingerprint density at radius 2 is 1.06 bits per heavy atom. The molecule has 2 aromatic heterocycles. The van der Waals surface area contributed by atoms with Crippen molar-refractivity contribution in [2.75, 3.05) is 51.3 Å². The van der Waals surface area contributed by atoms with Gasteiger partial charge in [0.1, 0.15) is 18.1 Å². The molecule has 2 fully saturated rings. The molecule has 0 bridgehead atoms. The van der Waals surface area contributed by atoms with E-state index >= 15 is 0 Å². The predicted molar refractivity (Wildman–Crippen MR) is 281 cm³/mol. The number of piperidine rings is 2. The third-order valence-electron chi connectivity index (χ3n) is 11.2. The second kappa shape index (κ2) is 29.3. The summed E-state index contributed by atoms with van der Waals surface area (Å²) in [7, 11) is 0. The summed E-state index contributed by atoms with van der Waals surface area (Å²) in [5.41, 5.74) is 3.58. The second-order valence-corrected chi connectivity index (χ2v) is 18.5. The first kappa shape index (κ1) is 54.2. The van der Waals surface area contributed by atoms with E-state index in [1.165, 1.54) is 0 Å². The number of ether oxygens (including phenoxy) is 2. The quantitative estimate of drug-likeness (QED) is 0.0871. The van der Waals surface area contributed by atoms with E-state index in [0.717, 1.165) is 97.8 Å². The van der Waals surface area contributed by atoms with Crippen molar-refractivity contribution in [2.24, 2.45) is 11.8 Å². The molecule has 8 rings (SSSR count). The van der Waals surface area contributed by atoms with Crippen molar-refractivity contribution in [2.45, 2.75) is 45.2 Å². The summed E-state index contributed by atoms with van der Waals surface area (Å²) < 4.78 is 11.1. The standard InChI is InChI=1S/C26H27Cl2N3O2.C18H20ClN3O.C8H8BrClO.CH4/c27-21-9-7-19(8-10-21)25(24-6-1-2-13-29-24)30-26(32)20-11-14-31(15-12-20)16-17-33-23-5-3-4-22(28)18-23;19-15-6-4-13(5-7-15)17(16-3-1-2-10-21-16)22-18(23)14-8-11-20-12-9-14;9-4-5-11-8-3-1-2-7(10)6-8;/h1-10,13,18,20,25H,11-12,14-17H2,(H,30,32);1-7,10,14,17,20H,8-9,11-12H2,(H,22,23);1-3,6H,4-5H2;1H4. The molecule has 2 unspecified atom stereocenters. The largest absolute Gasteiger partial charge is 0.493 e. The van der Waals surface area contributed by atoms with E-state index < -0.39 is 0 Å². The second-order valence-electron chi connectivity index (χ2n) is 15.9. The van der Waals surface area contributed by atoms with Crippen molar-refractivity contribution < 1.29 is 19.1 Å². The van der Waals surface area contributed by atoms with Crippen molar-refractivity contribution in [3.05, 3.63) is 188 Å². The van der Waals surface area contributed by atoms with Crippen LogP contribution < -0.4 is 25.4 Å². The SMILES string of the molecule is C.Clc1cccc(OCCBr)c1.O=C(NC(c1ccc(Cl)cc1)c1ccccn1)C1CCN(CCOc2cccc(Cl)c2)CC1.O=C(NC(c1ccc(Cl)cc1)c1ccccn1)C1CCNCC1. The van der Waals surface area contributed by atoms with E-state index in [1.807, 2.05) is 127 Å². The highest BCUT2D eigenvalue weighted by atomic mass is 79.9. The molecule has 68 heavy (non-hydrogen) atoms. The van der Waals surface area contributed by atoms with Gasteiger partial charge in [-0.05, 0) is 148 Å². The number of hydrogen-bond acceptors (Lipinski definition) is 8. The molecule has 0 aliphatic carbocycles. The first-order valence-corrected chi connectivity index (χ1v) is 25.0. The van der Waals surface area contributed by atoms with E-state index in [2.05, 4.69) is 46.7 Å². The fourth-order valence-corrected chi connectivity index (χ4v) is 8.42. The number of halogens is 5. The van der Waals surface area contributed by atoms with Gasteiger partial charge in [0.25, 0.3) is 0 Å². The third kappa shape index (κ3) is 18.0. The number of benzene rings is 4. The molecule has 2 aliphatic rings. The number of alkyl halides is 1. The van der Waals surface area contributed by atoms with Crippen molar-refractivity contribution >= 4 is 74.1 Å². The summed E-state index contributed by atoms with van der Waals surface area (Å²) in [6.45, 7) is 5.61. The number of rotatable bonds is 15. The van der Waals surface area contributed by atoms with E-state index in [-0.39, 0.29) is 43.2 Å². The van der Waals surface area contributed by atoms with Gasteiger partial charge in [-0.15, -0.1) is 0 Å². The Morgan fingerprint density at radius 1 is 0.603 bits per heavy atom. The van der Waals surface area contributed by atoms with E-state index in [1.54, 1.807) is 18.5 Å². The fourth-order valence-electron chi connectivity index (χ4n) is 7.65. The van der Waals surface area contributed by atoms with Crippen LogP contribution in [0.15, 0.2) is 146 Å². The molecule has 3 N–H and O–H groups in total. The Morgan fingerprint density at radius 3 is 1.49 bits per heavy atom. The minimum atomic E-state index is -0.305. The fraction of sp³-hybridized carbons (Fsp3) is 0.321. The van der Waals surface area contributed by atoms with Gasteiger partial charge in [-0.3, -0.25) is 24.5 Å². The lowest BCUT2D eigenvalue weighted by Crippen LogP contribution is -2.42. The summed E-state index contributed by atoms with van der Waals surface area (Å²) in [6, 6.07) is 40.8. The number of amides is 2. The molecule has 15 heteroatoms. The molecule has 6 aromatic rings. The smallest absolute Gasteiger partial charge is 0.224 e. The maximum atomic E-state index is 13.1. The highest BCUT2D eigenvalue weighted by Crippen LogP contribution is 2.27. The summed E-state index contributed by atoms with van der Waals surface area (Å²) in [4.78, 5) is 37.0. The average Bonchev–Trinajstić information content (AvgIpc) is 3.36. The molecule has 2 aliphatic heterocycles. The average molecular weight is 1070 g/mol. The number of pyridine rings is 2. The van der Waals surface area contributed by atoms with Crippen molar-refractivity contribution in [1.29, 1.82) is 0 Å².